The summed E-state index contributed by atoms with van der Waals surface area (Å²) in [5.74, 6) is 0.870. The number of allylic oxidation sites excluding steroid dienone is 1. The van der Waals surface area contributed by atoms with Gasteiger partial charge in [-0.2, -0.15) is 0 Å². The van der Waals surface area contributed by atoms with Gasteiger partial charge in [0.25, 0.3) is 0 Å². The van der Waals surface area contributed by atoms with Crippen LogP contribution in [0.25, 0.3) is 0 Å². The van der Waals surface area contributed by atoms with Crippen molar-refractivity contribution in [1.82, 2.24) is 0 Å². The third-order valence-corrected chi connectivity index (χ3v) is 4.89. The topological polar surface area (TPSA) is 26.3 Å². The van der Waals surface area contributed by atoms with Crippen LogP contribution in [0.1, 0.15) is 110 Å². The number of hydrogen-bond acceptors (Lipinski definition) is 2. The predicted molar refractivity (Wildman–Crippen MR) is 103 cm³/mol. The smallest absolute Gasteiger partial charge is 0.309 e. The highest BCUT2D eigenvalue weighted by Crippen LogP contribution is 2.33. The van der Waals surface area contributed by atoms with Gasteiger partial charge in [0.15, 0.2) is 0 Å². The molecule has 0 bridgehead atoms. The van der Waals surface area contributed by atoms with Gasteiger partial charge >= 0.3 is 5.97 Å². The molecule has 0 aliphatic heterocycles. The lowest BCUT2D eigenvalue weighted by molar-refractivity contribution is -0.142. The molecule has 0 radical (unpaired) electrons. The Kier molecular flexibility index (Phi) is 13.9. The molecule has 0 atom stereocenters. The van der Waals surface area contributed by atoms with Crippen molar-refractivity contribution >= 4 is 5.97 Å². The number of carbonyl (C=O) groups is 1. The lowest BCUT2D eigenvalue weighted by Gasteiger charge is -2.02. The molecule has 2 nitrogen and oxygen atoms in total. The summed E-state index contributed by atoms with van der Waals surface area (Å²) in [6.45, 7) is 2.88. The van der Waals surface area contributed by atoms with Crippen molar-refractivity contribution < 1.29 is 9.53 Å². The van der Waals surface area contributed by atoms with Crippen LogP contribution in [-0.4, -0.2) is 12.6 Å². The fourth-order valence-electron chi connectivity index (χ4n) is 3.07. The van der Waals surface area contributed by atoms with E-state index in [4.69, 9.17) is 4.74 Å². The number of esters is 1. The Hall–Kier alpha value is -0.790. The van der Waals surface area contributed by atoms with Gasteiger partial charge in [-0.3, -0.25) is 4.79 Å². The van der Waals surface area contributed by atoms with Crippen LogP contribution >= 0.6 is 0 Å². The van der Waals surface area contributed by atoms with Crippen molar-refractivity contribution in [2.45, 2.75) is 110 Å². The second kappa shape index (κ2) is 15.7. The van der Waals surface area contributed by atoms with E-state index in [1.54, 1.807) is 0 Å². The van der Waals surface area contributed by atoms with Crippen LogP contribution in [0.2, 0.25) is 0 Å². The number of rotatable bonds is 17. The first-order chi connectivity index (χ1) is 11.8. The minimum Gasteiger partial charge on any atom is -0.465 e. The van der Waals surface area contributed by atoms with Crippen molar-refractivity contribution in [2.24, 2.45) is 5.92 Å². The summed E-state index contributed by atoms with van der Waals surface area (Å²) in [5, 5.41) is 0. The summed E-state index contributed by atoms with van der Waals surface area (Å²) in [5.41, 5.74) is 0. The van der Waals surface area contributed by atoms with Gasteiger partial charge in [0.1, 0.15) is 0 Å². The quantitative estimate of drug-likeness (QED) is 0.163. The molecular weight excluding hydrogens is 296 g/mol. The van der Waals surface area contributed by atoms with E-state index in [0.717, 1.165) is 18.8 Å². The van der Waals surface area contributed by atoms with E-state index in [0.29, 0.717) is 13.0 Å². The fourth-order valence-corrected chi connectivity index (χ4v) is 3.07. The fraction of sp³-hybridized carbons (Fsp3) is 0.864. The largest absolute Gasteiger partial charge is 0.465 e. The highest BCUT2D eigenvalue weighted by atomic mass is 16.5. The van der Waals surface area contributed by atoms with Gasteiger partial charge < -0.3 is 4.74 Å². The van der Waals surface area contributed by atoms with Gasteiger partial charge in [-0.05, 0) is 31.6 Å². The van der Waals surface area contributed by atoms with Crippen LogP contribution in [0.15, 0.2) is 12.2 Å². The number of unbranched alkanes of at least 4 members (excludes halogenated alkanes) is 10. The monoisotopic (exact) mass is 336 g/mol. The van der Waals surface area contributed by atoms with E-state index in [-0.39, 0.29) is 5.97 Å². The maximum absolute atomic E-state index is 11.5. The Bertz CT molecular complexity index is 318. The standard InChI is InChI=1S/C22H40O2/c1-2-3-4-5-6-7-8-9-10-11-12-13-14-17-22(23)24-20-15-16-21-18-19-21/h13-14,21H,2-12,15-20H2,1H3. The van der Waals surface area contributed by atoms with E-state index >= 15 is 0 Å². The number of hydrogen-bond donors (Lipinski definition) is 0. The van der Waals surface area contributed by atoms with Gasteiger partial charge in [0.05, 0.1) is 13.0 Å². The maximum atomic E-state index is 11.5. The highest BCUT2D eigenvalue weighted by molar-refractivity contribution is 5.71. The van der Waals surface area contributed by atoms with E-state index in [1.807, 2.05) is 6.08 Å². The molecule has 0 spiro atoms. The van der Waals surface area contributed by atoms with Crippen LogP contribution in [-0.2, 0) is 9.53 Å². The molecule has 0 aromatic rings. The molecule has 0 heterocycles. The van der Waals surface area contributed by atoms with Crippen molar-refractivity contribution in [3.8, 4) is 0 Å². The number of carbonyl (C=O) groups excluding carboxylic acids is 1. The molecular formula is C22H40O2. The summed E-state index contributed by atoms with van der Waals surface area (Å²) >= 11 is 0. The molecule has 140 valence electrons. The zero-order valence-electron chi connectivity index (χ0n) is 16.1. The Labute approximate surface area is 150 Å². The lowest BCUT2D eigenvalue weighted by atomic mass is 10.1. The molecule has 1 rings (SSSR count). The second-order valence-electron chi connectivity index (χ2n) is 7.45. The minimum absolute atomic E-state index is 0.0647. The van der Waals surface area contributed by atoms with Gasteiger partial charge in [-0.15, -0.1) is 0 Å². The van der Waals surface area contributed by atoms with Crippen LogP contribution < -0.4 is 0 Å². The molecule has 24 heavy (non-hydrogen) atoms. The molecule has 1 saturated carbocycles. The van der Waals surface area contributed by atoms with Crippen LogP contribution in [0.5, 0.6) is 0 Å². The SMILES string of the molecule is CCCCCCCCCCCCC=CCC(=O)OCCCC1CC1. The molecule has 1 aliphatic carbocycles. The average Bonchev–Trinajstić information content (AvgIpc) is 3.40. The van der Waals surface area contributed by atoms with E-state index in [1.165, 1.54) is 83.5 Å². The molecule has 1 fully saturated rings. The first-order valence-corrected chi connectivity index (χ1v) is 10.6. The van der Waals surface area contributed by atoms with Crippen molar-refractivity contribution in [3.63, 3.8) is 0 Å². The molecule has 0 aromatic carbocycles. The van der Waals surface area contributed by atoms with Crippen molar-refractivity contribution in [1.29, 1.82) is 0 Å². The summed E-state index contributed by atoms with van der Waals surface area (Å²) in [6, 6.07) is 0. The minimum atomic E-state index is -0.0647. The predicted octanol–water partition coefficient (Wildman–Crippen LogP) is 6.98. The van der Waals surface area contributed by atoms with Crippen molar-refractivity contribution in [2.75, 3.05) is 6.61 Å². The summed E-state index contributed by atoms with van der Waals surface area (Å²) < 4.78 is 5.24. The summed E-state index contributed by atoms with van der Waals surface area (Å²) in [7, 11) is 0. The Morgan fingerprint density at radius 3 is 2.12 bits per heavy atom. The van der Waals surface area contributed by atoms with E-state index < -0.39 is 0 Å². The third kappa shape index (κ3) is 14.8. The second-order valence-corrected chi connectivity index (χ2v) is 7.45. The third-order valence-electron chi connectivity index (χ3n) is 4.89. The molecule has 0 unspecified atom stereocenters. The Balaban J connectivity index is 1.74. The van der Waals surface area contributed by atoms with E-state index in [2.05, 4.69) is 13.0 Å². The zero-order chi connectivity index (χ0) is 17.3. The lowest BCUT2D eigenvalue weighted by Crippen LogP contribution is -2.04. The summed E-state index contributed by atoms with van der Waals surface area (Å²) in [6.07, 6.45) is 24.5. The molecule has 0 saturated heterocycles. The molecule has 0 N–H and O–H groups in total. The van der Waals surface area contributed by atoms with Crippen LogP contribution in [0.3, 0.4) is 0 Å². The summed E-state index contributed by atoms with van der Waals surface area (Å²) in [4.78, 5) is 11.5. The number of ether oxygens (including phenoxy) is 1. The molecule has 0 aromatic heterocycles. The Morgan fingerprint density at radius 2 is 1.50 bits per heavy atom. The van der Waals surface area contributed by atoms with Gasteiger partial charge in [0, 0.05) is 0 Å². The zero-order valence-corrected chi connectivity index (χ0v) is 16.1. The first-order valence-electron chi connectivity index (χ1n) is 10.6. The maximum Gasteiger partial charge on any atom is 0.309 e. The molecule has 0 amide bonds. The van der Waals surface area contributed by atoms with E-state index in [9.17, 15) is 4.79 Å². The van der Waals surface area contributed by atoms with Gasteiger partial charge in [0.2, 0.25) is 0 Å². The first kappa shape index (κ1) is 21.3. The van der Waals surface area contributed by atoms with Crippen LogP contribution in [0, 0.1) is 5.92 Å². The van der Waals surface area contributed by atoms with Gasteiger partial charge in [-0.1, -0.05) is 89.7 Å². The Morgan fingerprint density at radius 1 is 0.875 bits per heavy atom. The van der Waals surface area contributed by atoms with Crippen LogP contribution in [0.4, 0.5) is 0 Å². The average molecular weight is 337 g/mol. The van der Waals surface area contributed by atoms with Crippen molar-refractivity contribution in [3.05, 3.63) is 12.2 Å². The molecule has 2 heteroatoms. The highest BCUT2D eigenvalue weighted by Gasteiger charge is 2.20. The molecule has 1 aliphatic rings. The normalized spacial score (nSPS) is 14.4. The van der Waals surface area contributed by atoms with Gasteiger partial charge in [-0.25, -0.2) is 0 Å².